The molecule has 0 N–H and O–H groups in total. The van der Waals surface area contributed by atoms with Crippen molar-refractivity contribution in [2.45, 2.75) is 58.8 Å². The highest BCUT2D eigenvalue weighted by atomic mass is 15.0. The van der Waals surface area contributed by atoms with Crippen molar-refractivity contribution >= 4 is 33.7 Å². The van der Waals surface area contributed by atoms with Crippen LogP contribution in [-0.2, 0) is 10.8 Å². The van der Waals surface area contributed by atoms with Crippen molar-refractivity contribution in [2.24, 2.45) is 16.3 Å². The molecule has 1 aliphatic heterocycles. The summed E-state index contributed by atoms with van der Waals surface area (Å²) < 4.78 is 2.46. The molecule has 13 aromatic rings. The van der Waals surface area contributed by atoms with Crippen LogP contribution in [0, 0.1) is 11.3 Å². The summed E-state index contributed by atoms with van der Waals surface area (Å²) in [6.07, 6.45) is 7.23. The molecule has 1 spiro atoms. The van der Waals surface area contributed by atoms with Crippen molar-refractivity contribution in [3.8, 4) is 95.0 Å². The van der Waals surface area contributed by atoms with E-state index in [4.69, 9.17) is 15.0 Å². The Morgan fingerprint density at radius 1 is 0.398 bits per heavy atom. The van der Waals surface area contributed by atoms with E-state index >= 15 is 0 Å². The van der Waals surface area contributed by atoms with E-state index in [2.05, 4.69) is 313 Å². The van der Waals surface area contributed by atoms with Crippen LogP contribution in [0.2, 0.25) is 0 Å². The Bertz CT molecular complexity index is 4900. The molecule has 3 aliphatic rings. The van der Waals surface area contributed by atoms with E-state index in [9.17, 15) is 0 Å². The number of hydrogen-bond acceptors (Lipinski definition) is 3. The number of allylic oxidation sites excluding steroid dienone is 1. The first-order chi connectivity index (χ1) is 42.9. The van der Waals surface area contributed by atoms with E-state index in [0.717, 1.165) is 62.6 Å². The first-order valence-electron chi connectivity index (χ1n) is 31.0. The largest absolute Gasteiger partial charge is 0.309 e. The first kappa shape index (κ1) is 53.2. The van der Waals surface area contributed by atoms with Crippen LogP contribution in [0.4, 0.5) is 0 Å². The molecule has 0 amide bonds. The van der Waals surface area contributed by atoms with Gasteiger partial charge in [0.25, 0.3) is 0 Å². The van der Waals surface area contributed by atoms with Crippen LogP contribution in [0.25, 0.3) is 122 Å². The highest BCUT2D eigenvalue weighted by Crippen LogP contribution is 2.64. The van der Waals surface area contributed by atoms with Crippen LogP contribution < -0.4 is 0 Å². The molecule has 4 nitrogen and oxygen atoms in total. The maximum Gasteiger partial charge on any atom is 0.0900 e. The fourth-order valence-corrected chi connectivity index (χ4v) is 14.5. The van der Waals surface area contributed by atoms with E-state index < -0.39 is 5.41 Å². The summed E-state index contributed by atoms with van der Waals surface area (Å²) in [6, 6.07) is 95.1. The van der Waals surface area contributed by atoms with Crippen molar-refractivity contribution in [2.75, 3.05) is 0 Å². The number of hydrogen-bond donors (Lipinski definition) is 0. The summed E-state index contributed by atoms with van der Waals surface area (Å²) in [7, 11) is 0. The van der Waals surface area contributed by atoms with E-state index in [1.807, 2.05) is 6.20 Å². The molecule has 4 heterocycles. The number of benzene rings is 10. The van der Waals surface area contributed by atoms with E-state index in [-0.39, 0.29) is 10.8 Å². The van der Waals surface area contributed by atoms with Gasteiger partial charge in [-0.05, 0) is 208 Å². The van der Waals surface area contributed by atoms with Gasteiger partial charge in [-0.1, -0.05) is 224 Å². The average molecular weight is 1130 g/mol. The Hall–Kier alpha value is -10.3. The summed E-state index contributed by atoms with van der Waals surface area (Å²) in [5.41, 5.74) is 29.9. The van der Waals surface area contributed by atoms with Gasteiger partial charge in [-0.2, -0.15) is 0 Å². The molecule has 16 rings (SSSR count). The number of rotatable bonds is 8. The molecule has 3 aromatic heterocycles. The lowest BCUT2D eigenvalue weighted by atomic mass is 9.70. The fraction of sp³-hybridized carbons (Fsp3) is 0.131. The van der Waals surface area contributed by atoms with Gasteiger partial charge in [0.1, 0.15) is 0 Å². The number of aliphatic imine (C=N–C) groups is 1. The van der Waals surface area contributed by atoms with Gasteiger partial charge in [-0.3, -0.25) is 9.98 Å². The van der Waals surface area contributed by atoms with Gasteiger partial charge in [0.05, 0.1) is 39.2 Å². The maximum atomic E-state index is 5.34. The minimum Gasteiger partial charge on any atom is -0.309 e. The Balaban J connectivity index is 0.882. The van der Waals surface area contributed by atoms with Gasteiger partial charge in [-0.15, -0.1) is 0 Å². The van der Waals surface area contributed by atoms with Crippen molar-refractivity contribution < 1.29 is 0 Å². The van der Waals surface area contributed by atoms with Crippen molar-refractivity contribution in [3.05, 3.63) is 301 Å². The van der Waals surface area contributed by atoms with Crippen LogP contribution in [0.3, 0.4) is 0 Å². The Morgan fingerprint density at radius 3 is 1.52 bits per heavy atom. The van der Waals surface area contributed by atoms with Gasteiger partial charge in [0.15, 0.2) is 0 Å². The normalized spacial score (nSPS) is 14.7. The minimum atomic E-state index is -0.437. The van der Waals surface area contributed by atoms with Crippen LogP contribution >= 0.6 is 0 Å². The van der Waals surface area contributed by atoms with E-state index in [1.165, 1.54) is 99.8 Å². The Morgan fingerprint density at radius 2 is 0.898 bits per heavy atom. The fourth-order valence-electron chi connectivity index (χ4n) is 14.5. The maximum absolute atomic E-state index is 5.34. The van der Waals surface area contributed by atoms with E-state index in [1.54, 1.807) is 0 Å². The van der Waals surface area contributed by atoms with Crippen LogP contribution in [-0.4, -0.2) is 20.7 Å². The molecule has 88 heavy (non-hydrogen) atoms. The quantitative estimate of drug-likeness (QED) is 0.152. The van der Waals surface area contributed by atoms with Crippen molar-refractivity contribution in [1.82, 2.24) is 14.5 Å². The lowest BCUT2D eigenvalue weighted by molar-refractivity contribution is 0.301. The molecular weight excluding hydrogens is 1060 g/mol. The second-order valence-electron chi connectivity index (χ2n) is 26.4. The zero-order valence-corrected chi connectivity index (χ0v) is 50.6. The summed E-state index contributed by atoms with van der Waals surface area (Å²) in [4.78, 5) is 15.3. The van der Waals surface area contributed by atoms with Crippen LogP contribution in [0.15, 0.2) is 272 Å². The molecule has 0 saturated heterocycles. The third-order valence-corrected chi connectivity index (χ3v) is 19.1. The summed E-state index contributed by atoms with van der Waals surface area (Å²) >= 11 is 0. The molecule has 10 aromatic carbocycles. The molecule has 0 saturated carbocycles. The lowest BCUT2D eigenvalue weighted by Crippen LogP contribution is -2.25. The number of fused-ring (bicyclic) bond motifs is 13. The summed E-state index contributed by atoms with van der Waals surface area (Å²) in [5, 5.41) is 2.38. The monoisotopic (exact) mass is 1130 g/mol. The first-order valence-corrected chi connectivity index (χ1v) is 31.0. The summed E-state index contributed by atoms with van der Waals surface area (Å²) in [5.74, 6) is 0.339. The van der Waals surface area contributed by atoms with Gasteiger partial charge in [0, 0.05) is 28.9 Å². The van der Waals surface area contributed by atoms with Crippen LogP contribution in [0.5, 0.6) is 0 Å². The smallest absolute Gasteiger partial charge is 0.0900 e. The number of aromatic nitrogens is 3. The summed E-state index contributed by atoms with van der Waals surface area (Å²) in [6.45, 7) is 13.7. The highest BCUT2D eigenvalue weighted by molar-refractivity contribution is 6.13. The molecule has 0 bridgehead atoms. The molecule has 1 unspecified atom stereocenters. The highest BCUT2D eigenvalue weighted by Gasteiger charge is 2.52. The molecule has 422 valence electrons. The van der Waals surface area contributed by atoms with E-state index in [0.29, 0.717) is 5.92 Å². The SMILES string of the molecule is CC(C)(C)c1ccnc(-c2cc(-c3ccc(-n4c5ccc(-c6cc(-c7ccccc7)cc(-c7ccccc7)c6)cc5c5cc(-c6cccc7c6-c6ccccc6C76c7ccccc7-c7ccccc76)ccc54)cc3)cc(C3=CC(C(C)(C)C)CC=N3)n2)c1. The van der Waals surface area contributed by atoms with Gasteiger partial charge in [-0.25, -0.2) is 4.98 Å². The Kier molecular flexibility index (Phi) is 12.4. The second-order valence-corrected chi connectivity index (χ2v) is 26.4. The second kappa shape index (κ2) is 20.4. The average Bonchev–Trinajstić information content (AvgIpc) is 1.52. The number of nitrogens with zero attached hydrogens (tertiary/aromatic N) is 4. The van der Waals surface area contributed by atoms with Gasteiger partial charge in [0.2, 0.25) is 0 Å². The molecule has 1 atom stereocenters. The molecule has 2 aliphatic carbocycles. The Labute approximate surface area is 516 Å². The van der Waals surface area contributed by atoms with Gasteiger partial charge < -0.3 is 4.57 Å². The standard InChI is InChI=1S/C84H66N4/c1-82(2,3)62-40-42-85-75(51-62)77-49-61(50-78(87-77)76-52-63(41-43-86-76)83(4,5)6)55-32-36-64(37-33-55)88-79-38-34-56(60-45-58(53-20-9-7-10-21-53)44-59(46-60)54-22-11-8-12-23-54)47-69(79)70-48-57(35-39-80(70)88)65-27-19-31-74-81(65)68-26-15-18-30-73(68)84(74)71-28-16-13-24-66(71)67-25-14-17-29-72(67)84/h7-40,42-52,63H,41H2,1-6H3. The van der Waals surface area contributed by atoms with Crippen LogP contribution in [0.1, 0.15) is 81.5 Å². The predicted octanol–water partition coefficient (Wildman–Crippen LogP) is 21.7. The lowest BCUT2D eigenvalue weighted by Gasteiger charge is -2.30. The van der Waals surface area contributed by atoms with Gasteiger partial charge >= 0.3 is 0 Å². The molecule has 0 fully saturated rings. The molecule has 0 radical (unpaired) electrons. The zero-order chi connectivity index (χ0) is 59.5. The third kappa shape index (κ3) is 8.67. The number of pyridine rings is 2. The predicted molar refractivity (Wildman–Crippen MR) is 368 cm³/mol. The topological polar surface area (TPSA) is 43.1 Å². The van der Waals surface area contributed by atoms with Crippen molar-refractivity contribution in [1.29, 1.82) is 0 Å². The molecular formula is C84H66N4. The third-order valence-electron chi connectivity index (χ3n) is 19.1. The molecule has 4 heteroatoms. The minimum absolute atomic E-state index is 0.0489. The zero-order valence-electron chi connectivity index (χ0n) is 50.6. The van der Waals surface area contributed by atoms with Crippen molar-refractivity contribution in [3.63, 3.8) is 0 Å².